The molecule has 3 aliphatic carbocycles. The van der Waals surface area contributed by atoms with Crippen molar-refractivity contribution in [1.29, 1.82) is 0 Å². The van der Waals surface area contributed by atoms with E-state index in [1.807, 2.05) is 0 Å². The van der Waals surface area contributed by atoms with Crippen LogP contribution in [0.1, 0.15) is 32.1 Å². The average molecular weight is 219 g/mol. The quantitative estimate of drug-likeness (QED) is 0.559. The predicted molar refractivity (Wildman–Crippen MR) is 48.8 cm³/mol. The molecule has 0 saturated heterocycles. The van der Waals surface area contributed by atoms with Gasteiger partial charge in [0.05, 0.1) is 0 Å². The maximum Gasteiger partial charge on any atom is 0.0291 e. The minimum atomic E-state index is 0. The van der Waals surface area contributed by atoms with Crippen LogP contribution in [0.3, 0.4) is 0 Å². The molecule has 3 rings (SSSR count). The van der Waals surface area contributed by atoms with Crippen LogP contribution in [0.15, 0.2) is 0 Å². The molecule has 2 bridgehead atoms. The molecule has 0 heterocycles. The molecule has 0 radical (unpaired) electrons. The lowest BCUT2D eigenvalue weighted by Gasteiger charge is -2.30. The summed E-state index contributed by atoms with van der Waals surface area (Å²) in [7, 11) is 0. The van der Waals surface area contributed by atoms with Gasteiger partial charge in [-0.05, 0) is 37.0 Å². The zero-order chi connectivity index (χ0) is 6.77. The van der Waals surface area contributed by atoms with Crippen LogP contribution in [0, 0.1) is 17.8 Å². The molecule has 0 aromatic carbocycles. The summed E-state index contributed by atoms with van der Waals surface area (Å²) in [6.07, 6.45) is 7.54. The standard InChI is InChI=1S/C9H13Br.H2O/c10-9-3-1-2-6(5-9)7-4-8(7)9;/h6-8H,1-5H2;1H2. The normalized spacial score (nSPS) is 58.1. The minimum absolute atomic E-state index is 0. The molecule has 4 unspecified atom stereocenters. The van der Waals surface area contributed by atoms with Crippen molar-refractivity contribution in [3.8, 4) is 0 Å². The third-order valence-corrected chi connectivity index (χ3v) is 5.19. The Balaban J connectivity index is 0.000000480. The lowest BCUT2D eigenvalue weighted by atomic mass is 9.84. The topological polar surface area (TPSA) is 31.5 Å². The summed E-state index contributed by atoms with van der Waals surface area (Å²) < 4.78 is 0.639. The van der Waals surface area contributed by atoms with Gasteiger partial charge in [0.2, 0.25) is 0 Å². The number of rotatable bonds is 0. The Kier molecular flexibility index (Phi) is 1.63. The van der Waals surface area contributed by atoms with Crippen LogP contribution in [0.4, 0.5) is 0 Å². The van der Waals surface area contributed by atoms with Crippen LogP contribution in [0.25, 0.3) is 0 Å². The molecule has 2 N–H and O–H groups in total. The van der Waals surface area contributed by atoms with E-state index in [0.29, 0.717) is 4.32 Å². The summed E-state index contributed by atoms with van der Waals surface area (Å²) in [5, 5.41) is 0. The second-order valence-corrected chi connectivity index (χ2v) is 5.98. The van der Waals surface area contributed by atoms with Gasteiger partial charge >= 0.3 is 0 Å². The highest BCUT2D eigenvalue weighted by Crippen LogP contribution is 2.68. The van der Waals surface area contributed by atoms with Crippen molar-refractivity contribution >= 4 is 15.9 Å². The SMILES string of the molecule is BrC12CCCC(C1)C1CC12.O. The molecule has 0 aromatic heterocycles. The molecule has 0 aliphatic heterocycles. The molecular formula is C9H15BrO. The third-order valence-electron chi connectivity index (χ3n) is 3.88. The van der Waals surface area contributed by atoms with Crippen molar-refractivity contribution < 1.29 is 5.48 Å². The van der Waals surface area contributed by atoms with Gasteiger partial charge in [-0.2, -0.15) is 0 Å². The summed E-state index contributed by atoms with van der Waals surface area (Å²) in [5.74, 6) is 3.38. The van der Waals surface area contributed by atoms with E-state index in [2.05, 4.69) is 15.9 Å². The fourth-order valence-corrected chi connectivity index (χ4v) is 4.55. The lowest BCUT2D eigenvalue weighted by Crippen LogP contribution is -2.25. The van der Waals surface area contributed by atoms with Crippen molar-refractivity contribution in [2.24, 2.45) is 17.8 Å². The van der Waals surface area contributed by atoms with Crippen LogP contribution in [0.2, 0.25) is 0 Å². The van der Waals surface area contributed by atoms with E-state index in [4.69, 9.17) is 0 Å². The second-order valence-electron chi connectivity index (χ2n) is 4.40. The summed E-state index contributed by atoms with van der Waals surface area (Å²) in [5.41, 5.74) is 0. The monoisotopic (exact) mass is 218 g/mol. The Morgan fingerprint density at radius 3 is 2.82 bits per heavy atom. The van der Waals surface area contributed by atoms with E-state index in [1.54, 1.807) is 6.42 Å². The highest BCUT2D eigenvalue weighted by atomic mass is 79.9. The van der Waals surface area contributed by atoms with E-state index < -0.39 is 0 Å². The van der Waals surface area contributed by atoms with Crippen LogP contribution >= 0.6 is 15.9 Å². The van der Waals surface area contributed by atoms with Gasteiger partial charge in [0, 0.05) is 4.32 Å². The Hall–Kier alpha value is 0.440. The Morgan fingerprint density at radius 2 is 2.18 bits per heavy atom. The van der Waals surface area contributed by atoms with Gasteiger partial charge in [0.1, 0.15) is 0 Å². The lowest BCUT2D eigenvalue weighted by molar-refractivity contribution is 0.334. The molecule has 3 saturated carbocycles. The van der Waals surface area contributed by atoms with E-state index in [0.717, 1.165) is 17.8 Å². The first-order chi connectivity index (χ1) is 4.80. The maximum absolute atomic E-state index is 3.94. The number of alkyl halides is 1. The van der Waals surface area contributed by atoms with E-state index in [1.165, 1.54) is 25.7 Å². The van der Waals surface area contributed by atoms with Gasteiger partial charge in [-0.25, -0.2) is 0 Å². The Labute approximate surface area is 76.0 Å². The second kappa shape index (κ2) is 2.23. The van der Waals surface area contributed by atoms with Crippen molar-refractivity contribution in [1.82, 2.24) is 0 Å². The molecule has 1 nitrogen and oxygen atoms in total. The van der Waals surface area contributed by atoms with Gasteiger partial charge in [0.25, 0.3) is 0 Å². The fraction of sp³-hybridized carbons (Fsp3) is 1.00. The van der Waals surface area contributed by atoms with E-state index >= 15 is 0 Å². The first-order valence-corrected chi connectivity index (χ1v) is 5.28. The minimum Gasteiger partial charge on any atom is -0.412 e. The van der Waals surface area contributed by atoms with Crippen LogP contribution < -0.4 is 0 Å². The molecule has 0 aromatic rings. The number of fused-ring (bicyclic) bond motifs is 5. The van der Waals surface area contributed by atoms with Crippen LogP contribution in [0.5, 0.6) is 0 Å². The van der Waals surface area contributed by atoms with E-state index in [9.17, 15) is 0 Å². The van der Waals surface area contributed by atoms with Gasteiger partial charge in [-0.1, -0.05) is 28.8 Å². The number of hydrogen-bond donors (Lipinski definition) is 0. The maximum atomic E-state index is 3.94. The average Bonchev–Trinajstić information content (AvgIpc) is 2.61. The number of halogens is 1. The number of hydrogen-bond acceptors (Lipinski definition) is 0. The van der Waals surface area contributed by atoms with Crippen molar-refractivity contribution in [3.63, 3.8) is 0 Å². The molecule has 64 valence electrons. The highest BCUT2D eigenvalue weighted by molar-refractivity contribution is 9.10. The first kappa shape index (κ1) is 8.06. The zero-order valence-electron chi connectivity index (χ0n) is 6.65. The molecular weight excluding hydrogens is 204 g/mol. The van der Waals surface area contributed by atoms with Crippen LogP contribution in [-0.2, 0) is 0 Å². The summed E-state index contributed by atoms with van der Waals surface area (Å²) in [6.45, 7) is 0. The van der Waals surface area contributed by atoms with Crippen LogP contribution in [-0.4, -0.2) is 9.80 Å². The molecule has 2 heteroatoms. The zero-order valence-corrected chi connectivity index (χ0v) is 8.23. The fourth-order valence-electron chi connectivity index (χ4n) is 3.33. The van der Waals surface area contributed by atoms with Gasteiger partial charge in [-0.3, -0.25) is 0 Å². The first-order valence-electron chi connectivity index (χ1n) is 4.48. The summed E-state index contributed by atoms with van der Waals surface area (Å²) in [4.78, 5) is 0. The highest BCUT2D eigenvalue weighted by Gasteiger charge is 2.62. The summed E-state index contributed by atoms with van der Waals surface area (Å²) >= 11 is 3.94. The largest absolute Gasteiger partial charge is 0.412 e. The molecule has 3 aliphatic rings. The predicted octanol–water partition coefficient (Wildman–Crippen LogP) is 2.14. The summed E-state index contributed by atoms with van der Waals surface area (Å²) in [6, 6.07) is 0. The molecule has 11 heavy (non-hydrogen) atoms. The third kappa shape index (κ3) is 0.919. The molecule has 0 amide bonds. The van der Waals surface area contributed by atoms with Crippen molar-refractivity contribution in [3.05, 3.63) is 0 Å². The van der Waals surface area contributed by atoms with E-state index in [-0.39, 0.29) is 5.48 Å². The smallest absolute Gasteiger partial charge is 0.0291 e. The van der Waals surface area contributed by atoms with Crippen molar-refractivity contribution in [2.75, 3.05) is 0 Å². The Morgan fingerprint density at radius 1 is 1.36 bits per heavy atom. The van der Waals surface area contributed by atoms with Crippen molar-refractivity contribution in [2.45, 2.75) is 36.4 Å². The Bertz CT molecular complexity index is 180. The molecule has 0 spiro atoms. The molecule has 3 fully saturated rings. The van der Waals surface area contributed by atoms with Gasteiger partial charge in [-0.15, -0.1) is 0 Å². The molecule has 4 atom stereocenters. The van der Waals surface area contributed by atoms with Gasteiger partial charge < -0.3 is 5.48 Å². The van der Waals surface area contributed by atoms with Gasteiger partial charge in [0.15, 0.2) is 0 Å².